The highest BCUT2D eigenvalue weighted by Gasteiger charge is 2.19. The average molecular weight is 160 g/mol. The predicted octanol–water partition coefficient (Wildman–Crippen LogP) is -2.08. The molecular formula is C6H10NO4+. The average Bonchev–Trinajstić information content (AvgIpc) is 2.02. The first-order valence-corrected chi connectivity index (χ1v) is 2.88. The van der Waals surface area contributed by atoms with Gasteiger partial charge in [-0.3, -0.25) is 10.2 Å². The van der Waals surface area contributed by atoms with E-state index in [1.165, 1.54) is 14.2 Å². The van der Waals surface area contributed by atoms with Gasteiger partial charge in [0.15, 0.2) is 0 Å². The van der Waals surface area contributed by atoms with E-state index in [-0.39, 0.29) is 12.1 Å². The van der Waals surface area contributed by atoms with E-state index in [0.717, 1.165) is 0 Å². The Morgan fingerprint density at radius 1 is 1.27 bits per heavy atom. The molecule has 0 radical (unpaired) electrons. The van der Waals surface area contributed by atoms with Crippen molar-refractivity contribution in [2.75, 3.05) is 14.2 Å². The van der Waals surface area contributed by atoms with E-state index in [9.17, 15) is 9.59 Å². The van der Waals surface area contributed by atoms with Crippen LogP contribution in [-0.4, -0.2) is 31.9 Å². The highest BCUT2D eigenvalue weighted by Crippen LogP contribution is 1.86. The van der Waals surface area contributed by atoms with Crippen molar-refractivity contribution in [3.8, 4) is 0 Å². The molecule has 11 heavy (non-hydrogen) atoms. The van der Waals surface area contributed by atoms with E-state index in [2.05, 4.69) is 9.47 Å². The number of ether oxygens (including phenoxy) is 2. The van der Waals surface area contributed by atoms with Crippen LogP contribution in [0.4, 0.5) is 0 Å². The minimum Gasteiger partial charge on any atom is -0.469 e. The molecule has 2 N–H and O–H groups in total. The molecule has 0 aliphatic carbocycles. The molecule has 0 heterocycles. The molecule has 0 saturated carbocycles. The lowest BCUT2D eigenvalue weighted by Gasteiger charge is -1.95. The van der Waals surface area contributed by atoms with Gasteiger partial charge in [-0.25, -0.2) is 4.79 Å². The maximum Gasteiger partial charge on any atom is 0.398 e. The van der Waals surface area contributed by atoms with Crippen molar-refractivity contribution in [3.63, 3.8) is 0 Å². The molecule has 0 aromatic rings. The van der Waals surface area contributed by atoms with Crippen molar-refractivity contribution in [2.24, 2.45) is 0 Å². The Balaban J connectivity index is 3.88. The van der Waals surface area contributed by atoms with Crippen molar-refractivity contribution in [1.82, 2.24) is 0 Å². The molecule has 62 valence electrons. The van der Waals surface area contributed by atoms with Gasteiger partial charge in [0.05, 0.1) is 14.2 Å². The molecule has 0 spiro atoms. The van der Waals surface area contributed by atoms with Gasteiger partial charge in [-0.2, -0.15) is 0 Å². The van der Waals surface area contributed by atoms with Crippen LogP contribution in [0.15, 0.2) is 0 Å². The Morgan fingerprint density at radius 3 is 2.18 bits per heavy atom. The second-order valence-electron chi connectivity index (χ2n) is 1.77. The van der Waals surface area contributed by atoms with Crippen molar-refractivity contribution in [2.45, 2.75) is 6.42 Å². The largest absolute Gasteiger partial charge is 0.469 e. The highest BCUT2D eigenvalue weighted by atomic mass is 16.5. The van der Waals surface area contributed by atoms with Gasteiger partial charge in [0.2, 0.25) is 0 Å². The number of carbonyl (C=O) groups excluding carboxylic acids is 2. The number of rotatable bonds is 3. The summed E-state index contributed by atoms with van der Waals surface area (Å²) in [6.45, 7) is 0. The number of esters is 2. The van der Waals surface area contributed by atoms with Gasteiger partial charge in [0, 0.05) is 0 Å². The van der Waals surface area contributed by atoms with Crippen LogP contribution in [0.3, 0.4) is 0 Å². The molecule has 0 saturated heterocycles. The standard InChI is InChI=1S/C6H9NO4/c1-10-5(8)3-4(7)6(9)11-2/h7H,3H2,1-2H3/p+1. The fourth-order valence-corrected chi connectivity index (χ4v) is 0.431. The summed E-state index contributed by atoms with van der Waals surface area (Å²) in [5, 5.41) is 5.15. The number of carbonyl (C=O) groups is 2. The van der Waals surface area contributed by atoms with Crippen LogP contribution in [0, 0.1) is 0 Å². The summed E-state index contributed by atoms with van der Waals surface area (Å²) in [6.07, 6.45) is -0.233. The zero-order valence-corrected chi connectivity index (χ0v) is 6.42. The van der Waals surface area contributed by atoms with E-state index in [1.54, 1.807) is 0 Å². The van der Waals surface area contributed by atoms with Crippen LogP contribution in [-0.2, 0) is 19.1 Å². The number of hydrogen-bond acceptors (Lipinski definition) is 4. The third-order valence-electron chi connectivity index (χ3n) is 1.01. The third-order valence-corrected chi connectivity index (χ3v) is 1.01. The number of methoxy groups -OCH3 is 2. The third kappa shape index (κ3) is 3.34. The van der Waals surface area contributed by atoms with Gasteiger partial charge in [0.25, 0.3) is 5.71 Å². The van der Waals surface area contributed by atoms with Crippen LogP contribution in [0.1, 0.15) is 6.42 Å². The van der Waals surface area contributed by atoms with Crippen molar-refractivity contribution >= 4 is 17.7 Å². The summed E-state index contributed by atoms with van der Waals surface area (Å²) in [5.41, 5.74) is -0.153. The van der Waals surface area contributed by atoms with Gasteiger partial charge in [0.1, 0.15) is 6.42 Å². The second kappa shape index (κ2) is 4.43. The van der Waals surface area contributed by atoms with Crippen molar-refractivity contribution in [1.29, 1.82) is 0 Å². The summed E-state index contributed by atoms with van der Waals surface area (Å²) in [4.78, 5) is 21.1. The SMILES string of the molecule is COC(=O)CC(=[NH2+])C(=O)OC. The minimum absolute atomic E-state index is 0.153. The normalized spacial score (nSPS) is 8.55. The Bertz CT molecular complexity index is 187. The summed E-state index contributed by atoms with van der Waals surface area (Å²) < 4.78 is 8.52. The van der Waals surface area contributed by atoms with E-state index in [1.807, 2.05) is 0 Å². The van der Waals surface area contributed by atoms with Crippen LogP contribution in [0.25, 0.3) is 0 Å². The van der Waals surface area contributed by atoms with Gasteiger partial charge >= 0.3 is 11.9 Å². The quantitative estimate of drug-likeness (QED) is 0.379. The Kier molecular flexibility index (Phi) is 3.87. The molecule has 0 fully saturated rings. The molecular weight excluding hydrogens is 150 g/mol. The first-order valence-electron chi connectivity index (χ1n) is 2.88. The first-order chi connectivity index (χ1) is 5.11. The van der Waals surface area contributed by atoms with Crippen molar-refractivity contribution < 1.29 is 24.5 Å². The maximum atomic E-state index is 10.6. The molecule has 0 amide bonds. The lowest BCUT2D eigenvalue weighted by molar-refractivity contribution is -0.155. The van der Waals surface area contributed by atoms with Crippen LogP contribution in [0.5, 0.6) is 0 Å². The second-order valence-corrected chi connectivity index (χ2v) is 1.77. The van der Waals surface area contributed by atoms with Gasteiger partial charge in [-0.05, 0) is 0 Å². The topological polar surface area (TPSA) is 78.2 Å². The van der Waals surface area contributed by atoms with Gasteiger partial charge < -0.3 is 9.47 Å². The molecule has 0 atom stereocenters. The Morgan fingerprint density at radius 2 is 1.82 bits per heavy atom. The summed E-state index contributed by atoms with van der Waals surface area (Å²) in [7, 11) is 2.40. The minimum atomic E-state index is -0.699. The van der Waals surface area contributed by atoms with Crippen molar-refractivity contribution in [3.05, 3.63) is 0 Å². The van der Waals surface area contributed by atoms with E-state index in [4.69, 9.17) is 5.41 Å². The summed E-state index contributed by atoms with van der Waals surface area (Å²) >= 11 is 0. The molecule has 0 aromatic carbocycles. The number of nitrogens with two attached hydrogens (primary N) is 1. The Labute approximate surface area is 63.8 Å². The molecule has 0 rings (SSSR count). The zero-order valence-electron chi connectivity index (χ0n) is 6.42. The fourth-order valence-electron chi connectivity index (χ4n) is 0.431. The predicted molar refractivity (Wildman–Crippen MR) is 35.6 cm³/mol. The lowest BCUT2D eigenvalue weighted by atomic mass is 10.3. The molecule has 0 bridgehead atoms. The number of hydrogen-bond donors (Lipinski definition) is 1. The van der Waals surface area contributed by atoms with Crippen LogP contribution < -0.4 is 5.41 Å². The highest BCUT2D eigenvalue weighted by molar-refractivity contribution is 6.36. The fraction of sp³-hybridized carbons (Fsp3) is 0.500. The van der Waals surface area contributed by atoms with Crippen LogP contribution >= 0.6 is 0 Å². The van der Waals surface area contributed by atoms with E-state index >= 15 is 0 Å². The molecule has 0 aliphatic rings. The smallest absolute Gasteiger partial charge is 0.398 e. The van der Waals surface area contributed by atoms with Gasteiger partial charge in [-0.1, -0.05) is 0 Å². The first kappa shape index (κ1) is 9.61. The summed E-state index contributed by atoms with van der Waals surface area (Å²) in [5.74, 6) is -1.26. The molecule has 5 nitrogen and oxygen atoms in total. The van der Waals surface area contributed by atoms with Gasteiger partial charge in [-0.15, -0.1) is 0 Å². The molecule has 5 heteroatoms. The molecule has 0 unspecified atom stereocenters. The summed E-state index contributed by atoms with van der Waals surface area (Å²) in [6, 6.07) is 0. The monoisotopic (exact) mass is 160 g/mol. The maximum absolute atomic E-state index is 10.6. The zero-order chi connectivity index (χ0) is 8.85. The van der Waals surface area contributed by atoms with E-state index < -0.39 is 11.9 Å². The Hall–Kier alpha value is -1.39. The van der Waals surface area contributed by atoms with E-state index in [0.29, 0.717) is 0 Å². The molecule has 0 aliphatic heterocycles. The molecule has 0 aromatic heterocycles. The lowest BCUT2D eigenvalue weighted by Crippen LogP contribution is -2.46. The van der Waals surface area contributed by atoms with Crippen LogP contribution in [0.2, 0.25) is 0 Å².